The molecule has 1 aliphatic rings. The minimum Gasteiger partial charge on any atom is -0.497 e. The number of fused-ring (bicyclic) bond motifs is 1. The molecule has 0 radical (unpaired) electrons. The summed E-state index contributed by atoms with van der Waals surface area (Å²) in [5.41, 5.74) is 4.82. The zero-order valence-corrected chi connectivity index (χ0v) is 18.3. The van der Waals surface area contributed by atoms with E-state index in [0.29, 0.717) is 17.7 Å². The van der Waals surface area contributed by atoms with E-state index in [-0.39, 0.29) is 11.9 Å². The number of amides is 1. The number of ether oxygens (including phenoxy) is 2. The van der Waals surface area contributed by atoms with Crippen molar-refractivity contribution in [2.45, 2.75) is 12.5 Å². The third kappa shape index (κ3) is 4.01. The van der Waals surface area contributed by atoms with Crippen LogP contribution < -0.4 is 9.47 Å². The molecule has 4 aromatic rings. The largest absolute Gasteiger partial charge is 0.497 e. The van der Waals surface area contributed by atoms with Crippen LogP contribution >= 0.6 is 0 Å². The lowest BCUT2D eigenvalue weighted by atomic mass is 9.97. The molecule has 2 heterocycles. The molecular formula is C26H22N4O3. The van der Waals surface area contributed by atoms with Crippen molar-refractivity contribution in [2.75, 3.05) is 14.2 Å². The Balaban J connectivity index is 1.55. The van der Waals surface area contributed by atoms with Crippen LogP contribution in [0.25, 0.3) is 11.0 Å². The Kier molecular flexibility index (Phi) is 5.44. The van der Waals surface area contributed by atoms with Gasteiger partial charge in [-0.05, 0) is 54.1 Å². The summed E-state index contributed by atoms with van der Waals surface area (Å²) >= 11 is 0. The Labute approximate surface area is 191 Å². The van der Waals surface area contributed by atoms with Crippen LogP contribution in [0.1, 0.15) is 33.9 Å². The van der Waals surface area contributed by atoms with Gasteiger partial charge in [0.05, 0.1) is 37.0 Å². The van der Waals surface area contributed by atoms with Crippen LogP contribution in [0.15, 0.2) is 84.2 Å². The molecule has 7 heteroatoms. The van der Waals surface area contributed by atoms with Crippen LogP contribution in [0.3, 0.4) is 0 Å². The van der Waals surface area contributed by atoms with Crippen molar-refractivity contribution in [1.29, 1.82) is 0 Å². The van der Waals surface area contributed by atoms with Gasteiger partial charge in [0.1, 0.15) is 11.5 Å². The number of carbonyl (C=O) groups excluding carboxylic acids is 1. The van der Waals surface area contributed by atoms with E-state index < -0.39 is 0 Å². The molecule has 1 aliphatic heterocycles. The normalized spacial score (nSPS) is 15.4. The third-order valence-corrected chi connectivity index (χ3v) is 5.74. The summed E-state index contributed by atoms with van der Waals surface area (Å²) in [5, 5.41) is 6.33. The van der Waals surface area contributed by atoms with Crippen LogP contribution in [0, 0.1) is 0 Å². The molecule has 0 saturated carbocycles. The number of nitrogens with zero attached hydrogens (tertiary/aromatic N) is 4. The summed E-state index contributed by atoms with van der Waals surface area (Å²) in [7, 11) is 3.23. The van der Waals surface area contributed by atoms with Gasteiger partial charge < -0.3 is 9.47 Å². The first-order chi connectivity index (χ1) is 16.2. The van der Waals surface area contributed by atoms with Crippen molar-refractivity contribution in [1.82, 2.24) is 15.0 Å². The molecule has 33 heavy (non-hydrogen) atoms. The predicted octanol–water partition coefficient (Wildman–Crippen LogP) is 4.64. The second-order valence-electron chi connectivity index (χ2n) is 7.68. The lowest BCUT2D eigenvalue weighted by molar-refractivity contribution is 0.0711. The predicted molar refractivity (Wildman–Crippen MR) is 126 cm³/mol. The van der Waals surface area contributed by atoms with E-state index in [4.69, 9.17) is 14.6 Å². The second-order valence-corrected chi connectivity index (χ2v) is 7.68. The molecule has 0 aliphatic carbocycles. The number of aromatic nitrogens is 2. The van der Waals surface area contributed by atoms with Crippen LogP contribution in [0.2, 0.25) is 0 Å². The zero-order valence-electron chi connectivity index (χ0n) is 18.3. The molecule has 0 saturated heterocycles. The maximum absolute atomic E-state index is 13.5. The first kappa shape index (κ1) is 20.6. The van der Waals surface area contributed by atoms with E-state index >= 15 is 0 Å². The van der Waals surface area contributed by atoms with Gasteiger partial charge >= 0.3 is 0 Å². The number of hydrazone groups is 1. The van der Waals surface area contributed by atoms with Crippen LogP contribution in [0.5, 0.6) is 11.5 Å². The molecular weight excluding hydrogens is 416 g/mol. The standard InChI is InChI=1S/C26H22N4O3/c1-32-20-9-6-17(7-10-20)26(31)30-25(19-8-11-22-24(15-19)28-13-12-27-22)16-23(29-30)18-4-3-5-21(14-18)33-2/h3-15,25H,16H2,1-2H3/t25-/m1/s1. The Morgan fingerprint density at radius 3 is 2.39 bits per heavy atom. The first-order valence-electron chi connectivity index (χ1n) is 10.6. The summed E-state index contributed by atoms with van der Waals surface area (Å²) in [6, 6.07) is 20.4. The molecule has 1 aromatic heterocycles. The van der Waals surface area contributed by atoms with Crippen LogP contribution in [-0.2, 0) is 0 Å². The number of hydrogen-bond acceptors (Lipinski definition) is 6. The molecule has 0 fully saturated rings. The number of benzene rings is 3. The van der Waals surface area contributed by atoms with E-state index in [2.05, 4.69) is 9.97 Å². The number of rotatable bonds is 5. The van der Waals surface area contributed by atoms with Crippen LogP contribution in [0.4, 0.5) is 0 Å². The lowest BCUT2D eigenvalue weighted by Gasteiger charge is -2.22. The minimum absolute atomic E-state index is 0.181. The van der Waals surface area contributed by atoms with Crippen molar-refractivity contribution in [3.05, 3.63) is 95.8 Å². The van der Waals surface area contributed by atoms with Gasteiger partial charge in [-0.15, -0.1) is 0 Å². The zero-order chi connectivity index (χ0) is 22.8. The Bertz CT molecular complexity index is 1350. The van der Waals surface area contributed by atoms with Gasteiger partial charge in [0, 0.05) is 29.9 Å². The highest BCUT2D eigenvalue weighted by molar-refractivity contribution is 6.05. The monoisotopic (exact) mass is 438 g/mol. The van der Waals surface area contributed by atoms with Gasteiger partial charge in [0.2, 0.25) is 0 Å². The summed E-state index contributed by atoms with van der Waals surface area (Å²) in [6.45, 7) is 0. The van der Waals surface area contributed by atoms with E-state index in [1.165, 1.54) is 0 Å². The molecule has 0 spiro atoms. The lowest BCUT2D eigenvalue weighted by Crippen LogP contribution is -2.27. The van der Waals surface area contributed by atoms with Crippen LogP contribution in [-0.4, -0.2) is 40.8 Å². The van der Waals surface area contributed by atoms with Gasteiger partial charge in [-0.25, -0.2) is 5.01 Å². The topological polar surface area (TPSA) is 76.9 Å². The molecule has 0 unspecified atom stereocenters. The molecule has 1 atom stereocenters. The molecule has 0 bridgehead atoms. The van der Waals surface area contributed by atoms with Crippen molar-refractivity contribution in [2.24, 2.45) is 5.10 Å². The van der Waals surface area contributed by atoms with Crippen molar-refractivity contribution < 1.29 is 14.3 Å². The highest BCUT2D eigenvalue weighted by Gasteiger charge is 2.34. The SMILES string of the molecule is COc1ccc(C(=O)N2N=C(c3cccc(OC)c3)C[C@@H]2c2ccc3nccnc3c2)cc1. The smallest absolute Gasteiger partial charge is 0.274 e. The fourth-order valence-corrected chi connectivity index (χ4v) is 3.99. The number of carbonyl (C=O) groups is 1. The average molecular weight is 438 g/mol. The van der Waals surface area contributed by atoms with Crippen molar-refractivity contribution in [3.8, 4) is 11.5 Å². The fraction of sp³-hybridized carbons (Fsp3) is 0.154. The fourth-order valence-electron chi connectivity index (χ4n) is 3.99. The average Bonchev–Trinajstić information content (AvgIpc) is 3.33. The van der Waals surface area contributed by atoms with Crippen molar-refractivity contribution in [3.63, 3.8) is 0 Å². The maximum atomic E-state index is 13.5. The molecule has 7 nitrogen and oxygen atoms in total. The second kappa shape index (κ2) is 8.70. The maximum Gasteiger partial charge on any atom is 0.274 e. The Morgan fingerprint density at radius 2 is 1.64 bits per heavy atom. The highest BCUT2D eigenvalue weighted by atomic mass is 16.5. The van der Waals surface area contributed by atoms with Crippen molar-refractivity contribution >= 4 is 22.7 Å². The van der Waals surface area contributed by atoms with Gasteiger partial charge in [-0.3, -0.25) is 14.8 Å². The number of methoxy groups -OCH3 is 2. The summed E-state index contributed by atoms with van der Waals surface area (Å²) in [5.74, 6) is 1.26. The Hall–Kier alpha value is -4.26. The molecule has 164 valence electrons. The Morgan fingerprint density at radius 1 is 0.879 bits per heavy atom. The van der Waals surface area contributed by atoms with E-state index in [9.17, 15) is 4.79 Å². The number of hydrogen-bond donors (Lipinski definition) is 0. The van der Waals surface area contributed by atoms with Gasteiger partial charge in [-0.1, -0.05) is 18.2 Å². The minimum atomic E-state index is -0.271. The summed E-state index contributed by atoms with van der Waals surface area (Å²) in [6.07, 6.45) is 3.90. The first-order valence-corrected chi connectivity index (χ1v) is 10.6. The molecule has 5 rings (SSSR count). The molecule has 3 aromatic carbocycles. The summed E-state index contributed by atoms with van der Waals surface area (Å²) in [4.78, 5) is 22.3. The van der Waals surface area contributed by atoms with Gasteiger partial charge in [0.25, 0.3) is 5.91 Å². The van der Waals surface area contributed by atoms with Gasteiger partial charge in [-0.2, -0.15) is 5.10 Å². The highest BCUT2D eigenvalue weighted by Crippen LogP contribution is 2.35. The van der Waals surface area contributed by atoms with E-state index in [1.807, 2.05) is 42.5 Å². The van der Waals surface area contributed by atoms with E-state index in [0.717, 1.165) is 33.6 Å². The molecule has 1 amide bonds. The molecule has 0 N–H and O–H groups in total. The van der Waals surface area contributed by atoms with Gasteiger partial charge in [0.15, 0.2) is 0 Å². The van der Waals surface area contributed by atoms with E-state index in [1.54, 1.807) is 55.9 Å². The quantitative estimate of drug-likeness (QED) is 0.454. The third-order valence-electron chi connectivity index (χ3n) is 5.74. The summed E-state index contributed by atoms with van der Waals surface area (Å²) < 4.78 is 10.6.